The summed E-state index contributed by atoms with van der Waals surface area (Å²) in [4.78, 5) is 10.4. The number of ether oxygens (including phenoxy) is 2. The largest absolute Gasteiger partial charge is 0.493 e. The Morgan fingerprint density at radius 2 is 1.88 bits per heavy atom. The number of non-ortho nitro benzene ring substituents is 1. The Balaban J connectivity index is 2.12. The lowest BCUT2D eigenvalue weighted by molar-refractivity contribution is -0.384. The van der Waals surface area contributed by atoms with Crippen LogP contribution in [0.2, 0.25) is 5.02 Å². The van der Waals surface area contributed by atoms with E-state index in [-0.39, 0.29) is 11.7 Å². The summed E-state index contributed by atoms with van der Waals surface area (Å²) < 4.78 is 10.5. The fourth-order valence-corrected chi connectivity index (χ4v) is 2.50. The zero-order valence-corrected chi connectivity index (χ0v) is 14.5. The number of methoxy groups -OCH3 is 2. The van der Waals surface area contributed by atoms with Crippen molar-refractivity contribution in [1.29, 1.82) is 0 Å². The van der Waals surface area contributed by atoms with Crippen molar-refractivity contribution in [2.75, 3.05) is 14.2 Å². The first kappa shape index (κ1) is 18.0. The minimum atomic E-state index is -0.433. The molecule has 128 valence electrons. The zero-order chi connectivity index (χ0) is 17.7. The summed E-state index contributed by atoms with van der Waals surface area (Å²) in [6.45, 7) is 2.41. The first-order valence-corrected chi connectivity index (χ1v) is 7.72. The van der Waals surface area contributed by atoms with Gasteiger partial charge in [-0.1, -0.05) is 17.7 Å². The van der Waals surface area contributed by atoms with Gasteiger partial charge in [-0.15, -0.1) is 0 Å². The predicted molar refractivity (Wildman–Crippen MR) is 92.9 cm³/mol. The fourth-order valence-electron chi connectivity index (χ4n) is 2.31. The smallest absolute Gasteiger partial charge is 0.269 e. The molecule has 0 aliphatic heterocycles. The van der Waals surface area contributed by atoms with E-state index < -0.39 is 4.92 Å². The van der Waals surface area contributed by atoms with Gasteiger partial charge in [-0.25, -0.2) is 0 Å². The summed E-state index contributed by atoms with van der Waals surface area (Å²) in [5, 5.41) is 14.7. The van der Waals surface area contributed by atoms with Crippen molar-refractivity contribution in [3.05, 3.63) is 62.7 Å². The van der Waals surface area contributed by atoms with Gasteiger partial charge in [0.15, 0.2) is 11.5 Å². The number of hydrogen-bond acceptors (Lipinski definition) is 5. The van der Waals surface area contributed by atoms with Crippen molar-refractivity contribution in [2.24, 2.45) is 0 Å². The molecule has 2 aromatic rings. The van der Waals surface area contributed by atoms with Gasteiger partial charge in [-0.05, 0) is 36.2 Å². The van der Waals surface area contributed by atoms with Gasteiger partial charge in [0, 0.05) is 29.7 Å². The Kier molecular flexibility index (Phi) is 6.00. The second-order valence-corrected chi connectivity index (χ2v) is 5.66. The molecule has 0 fully saturated rings. The van der Waals surface area contributed by atoms with Gasteiger partial charge in [0.05, 0.1) is 19.1 Å². The molecule has 6 nitrogen and oxygen atoms in total. The van der Waals surface area contributed by atoms with Crippen molar-refractivity contribution in [2.45, 2.75) is 19.5 Å². The van der Waals surface area contributed by atoms with Gasteiger partial charge in [0.1, 0.15) is 0 Å². The van der Waals surface area contributed by atoms with E-state index >= 15 is 0 Å². The molecule has 0 bridgehead atoms. The number of nitrogens with zero attached hydrogens (tertiary/aromatic N) is 1. The van der Waals surface area contributed by atoms with E-state index in [0.29, 0.717) is 28.6 Å². The van der Waals surface area contributed by atoms with E-state index in [1.54, 1.807) is 14.2 Å². The van der Waals surface area contributed by atoms with Crippen molar-refractivity contribution in [3.63, 3.8) is 0 Å². The van der Waals surface area contributed by atoms with Gasteiger partial charge in [-0.2, -0.15) is 0 Å². The molecule has 0 amide bonds. The molecule has 0 aromatic heterocycles. The van der Waals surface area contributed by atoms with Gasteiger partial charge in [0.25, 0.3) is 5.69 Å². The van der Waals surface area contributed by atoms with Crippen LogP contribution >= 0.6 is 11.6 Å². The molecule has 0 spiro atoms. The third-order valence-corrected chi connectivity index (χ3v) is 4.12. The van der Waals surface area contributed by atoms with Crippen LogP contribution in [0.4, 0.5) is 5.69 Å². The van der Waals surface area contributed by atoms with Gasteiger partial charge < -0.3 is 14.8 Å². The molecule has 1 N–H and O–H groups in total. The summed E-state index contributed by atoms with van der Waals surface area (Å²) in [6, 6.07) is 10.1. The highest BCUT2D eigenvalue weighted by Gasteiger charge is 2.13. The highest BCUT2D eigenvalue weighted by atomic mass is 35.5. The van der Waals surface area contributed by atoms with Crippen LogP contribution in [-0.2, 0) is 6.54 Å². The Bertz CT molecular complexity index is 737. The molecule has 7 heteroatoms. The third-order valence-electron chi connectivity index (χ3n) is 3.75. The molecule has 0 saturated heterocycles. The number of nitro groups is 1. The lowest BCUT2D eigenvalue weighted by Crippen LogP contribution is -2.18. The van der Waals surface area contributed by atoms with Crippen LogP contribution < -0.4 is 14.8 Å². The number of hydrogen-bond donors (Lipinski definition) is 1. The highest BCUT2D eigenvalue weighted by Crippen LogP contribution is 2.30. The van der Waals surface area contributed by atoms with E-state index in [4.69, 9.17) is 21.1 Å². The second kappa shape index (κ2) is 7.99. The second-order valence-electron chi connectivity index (χ2n) is 5.25. The van der Waals surface area contributed by atoms with Crippen LogP contribution in [0.5, 0.6) is 11.5 Å². The normalized spacial score (nSPS) is 11.8. The number of halogens is 1. The zero-order valence-electron chi connectivity index (χ0n) is 13.7. The number of nitro benzene ring substituents is 1. The first-order chi connectivity index (χ1) is 11.5. The molecule has 24 heavy (non-hydrogen) atoms. The number of rotatable bonds is 7. The average molecular weight is 351 g/mol. The molecular weight excluding hydrogens is 332 g/mol. The Morgan fingerprint density at radius 3 is 2.50 bits per heavy atom. The van der Waals surface area contributed by atoms with Gasteiger partial charge in [-0.3, -0.25) is 10.1 Å². The van der Waals surface area contributed by atoms with Crippen LogP contribution in [-0.4, -0.2) is 19.1 Å². The Hall–Kier alpha value is -2.31. The maximum absolute atomic E-state index is 10.9. The van der Waals surface area contributed by atoms with E-state index in [1.165, 1.54) is 18.2 Å². The first-order valence-electron chi connectivity index (χ1n) is 7.34. The summed E-state index contributed by atoms with van der Waals surface area (Å²) in [5.41, 5.74) is 1.71. The third kappa shape index (κ3) is 4.15. The number of nitrogens with one attached hydrogen (secondary N) is 1. The van der Waals surface area contributed by atoms with E-state index in [0.717, 1.165) is 5.56 Å². The topological polar surface area (TPSA) is 73.6 Å². The molecule has 0 radical (unpaired) electrons. The summed E-state index contributed by atoms with van der Waals surface area (Å²) >= 11 is 6.12. The molecule has 0 aliphatic carbocycles. The van der Waals surface area contributed by atoms with Crippen LogP contribution in [0, 0.1) is 10.1 Å². The SMILES string of the molecule is COc1ccc(C(C)NCc2cc([N+](=O)[O-])ccc2Cl)cc1OC. The van der Waals surface area contributed by atoms with Crippen molar-refractivity contribution in [1.82, 2.24) is 5.32 Å². The maximum Gasteiger partial charge on any atom is 0.269 e. The average Bonchev–Trinajstić information content (AvgIpc) is 2.59. The molecule has 0 heterocycles. The van der Waals surface area contributed by atoms with Crippen molar-refractivity contribution >= 4 is 17.3 Å². The van der Waals surface area contributed by atoms with E-state index in [2.05, 4.69) is 5.32 Å². The van der Waals surface area contributed by atoms with Crippen LogP contribution in [0.1, 0.15) is 24.1 Å². The molecule has 1 unspecified atom stereocenters. The van der Waals surface area contributed by atoms with Gasteiger partial charge in [0.2, 0.25) is 0 Å². The monoisotopic (exact) mass is 350 g/mol. The summed E-state index contributed by atoms with van der Waals surface area (Å²) in [7, 11) is 3.17. The molecule has 2 aromatic carbocycles. The Morgan fingerprint density at radius 1 is 1.17 bits per heavy atom. The molecule has 0 saturated carbocycles. The highest BCUT2D eigenvalue weighted by molar-refractivity contribution is 6.31. The summed E-state index contributed by atoms with van der Waals surface area (Å²) in [6.07, 6.45) is 0. The maximum atomic E-state index is 10.9. The lowest BCUT2D eigenvalue weighted by Gasteiger charge is -2.17. The minimum Gasteiger partial charge on any atom is -0.493 e. The van der Waals surface area contributed by atoms with Crippen LogP contribution in [0.3, 0.4) is 0 Å². The quantitative estimate of drug-likeness (QED) is 0.600. The lowest BCUT2D eigenvalue weighted by atomic mass is 10.1. The standard InChI is InChI=1S/C17H19ClN2O4/c1-11(12-4-7-16(23-2)17(9-12)24-3)19-10-13-8-14(20(21)22)5-6-15(13)18/h4-9,11,19H,10H2,1-3H3. The molecule has 0 aliphatic rings. The van der Waals surface area contributed by atoms with Crippen molar-refractivity contribution in [3.8, 4) is 11.5 Å². The molecule has 1 atom stereocenters. The summed E-state index contributed by atoms with van der Waals surface area (Å²) in [5.74, 6) is 1.31. The van der Waals surface area contributed by atoms with Crippen LogP contribution in [0.15, 0.2) is 36.4 Å². The van der Waals surface area contributed by atoms with E-state index in [1.807, 2.05) is 25.1 Å². The van der Waals surface area contributed by atoms with Crippen molar-refractivity contribution < 1.29 is 14.4 Å². The molecule has 2 rings (SSSR count). The minimum absolute atomic E-state index is 0.000125. The molecular formula is C17H19ClN2O4. The van der Waals surface area contributed by atoms with Gasteiger partial charge >= 0.3 is 0 Å². The fraction of sp³-hybridized carbons (Fsp3) is 0.294. The predicted octanol–water partition coefficient (Wildman–Crippen LogP) is 4.12. The number of benzene rings is 2. The van der Waals surface area contributed by atoms with E-state index in [9.17, 15) is 10.1 Å². The Labute approximate surface area is 145 Å². The van der Waals surface area contributed by atoms with Crippen LogP contribution in [0.25, 0.3) is 0 Å².